The lowest BCUT2D eigenvalue weighted by Gasteiger charge is -2.29. The van der Waals surface area contributed by atoms with Crippen LogP contribution in [0.3, 0.4) is 0 Å². The molecule has 3 aromatic carbocycles. The molecule has 2 saturated heterocycles. The van der Waals surface area contributed by atoms with Gasteiger partial charge in [-0.3, -0.25) is 14.5 Å². The van der Waals surface area contributed by atoms with Crippen molar-refractivity contribution in [2.75, 3.05) is 53.6 Å². The molecule has 2 aliphatic rings. The van der Waals surface area contributed by atoms with E-state index in [1.807, 2.05) is 30.3 Å². The number of halogens is 1. The van der Waals surface area contributed by atoms with Crippen LogP contribution in [-0.4, -0.2) is 80.2 Å². The van der Waals surface area contributed by atoms with Gasteiger partial charge in [-0.25, -0.2) is 4.39 Å². The molecule has 2 heterocycles. The highest BCUT2D eigenvalue weighted by Gasteiger charge is 2.46. The Bertz CT molecular complexity index is 1490. The third-order valence-corrected chi connectivity index (χ3v) is 7.68. The summed E-state index contributed by atoms with van der Waals surface area (Å²) in [6, 6.07) is 17.8. The molecule has 3 aromatic rings. The highest BCUT2D eigenvalue weighted by Crippen LogP contribution is 2.42. The number of carbonyl (C=O) groups is 2. The highest BCUT2D eigenvalue weighted by molar-refractivity contribution is 6.46. The lowest BCUT2D eigenvalue weighted by atomic mass is 9.94. The number of ether oxygens (including phenoxy) is 4. The van der Waals surface area contributed by atoms with E-state index < -0.39 is 29.3 Å². The summed E-state index contributed by atoms with van der Waals surface area (Å²) in [4.78, 5) is 30.6. The number of Topliss-reactive ketones (excluding diaryl/α,β-unsaturated/α-hetero) is 1. The van der Waals surface area contributed by atoms with Crippen molar-refractivity contribution in [3.05, 3.63) is 94.8 Å². The molecule has 10 heteroatoms. The number of methoxy groups -OCH3 is 2. The van der Waals surface area contributed by atoms with Gasteiger partial charge in [0.15, 0.2) is 23.1 Å². The first-order chi connectivity index (χ1) is 20.9. The SMILES string of the molecule is COc1ccc(/C(O)=C2\C(=O)C(=O)N(CCCN3CCOCC3)C2c2ccc(OCc3ccccc3)c(OC)c2)cc1F. The van der Waals surface area contributed by atoms with Gasteiger partial charge in [0.2, 0.25) is 0 Å². The third-order valence-electron chi connectivity index (χ3n) is 7.68. The number of aliphatic hydroxyl groups is 1. The predicted molar refractivity (Wildman–Crippen MR) is 158 cm³/mol. The Kier molecular flexibility index (Phi) is 9.58. The van der Waals surface area contributed by atoms with Crippen molar-refractivity contribution in [3.63, 3.8) is 0 Å². The monoisotopic (exact) mass is 590 g/mol. The summed E-state index contributed by atoms with van der Waals surface area (Å²) in [5, 5.41) is 11.4. The Morgan fingerprint density at radius 3 is 2.35 bits per heavy atom. The van der Waals surface area contributed by atoms with Crippen LogP contribution in [0.1, 0.15) is 29.2 Å². The maximum Gasteiger partial charge on any atom is 0.295 e. The number of ketones is 1. The molecule has 0 aliphatic carbocycles. The number of amides is 1. The summed E-state index contributed by atoms with van der Waals surface area (Å²) in [6.07, 6.45) is 0.607. The van der Waals surface area contributed by atoms with Crippen LogP contribution in [-0.2, 0) is 20.9 Å². The van der Waals surface area contributed by atoms with E-state index in [2.05, 4.69) is 4.90 Å². The summed E-state index contributed by atoms with van der Waals surface area (Å²) in [5.74, 6) is -1.86. The number of hydrogen-bond acceptors (Lipinski definition) is 8. The maximum absolute atomic E-state index is 14.6. The number of likely N-dealkylation sites (tertiary alicyclic amines) is 1. The van der Waals surface area contributed by atoms with Crippen molar-refractivity contribution >= 4 is 17.4 Å². The highest BCUT2D eigenvalue weighted by atomic mass is 19.1. The number of nitrogens with zero attached hydrogens (tertiary/aromatic N) is 2. The summed E-state index contributed by atoms with van der Waals surface area (Å²) < 4.78 is 36.6. The van der Waals surface area contributed by atoms with Gasteiger partial charge < -0.3 is 29.0 Å². The maximum atomic E-state index is 14.6. The van der Waals surface area contributed by atoms with Gasteiger partial charge in [-0.1, -0.05) is 36.4 Å². The number of morpholine rings is 1. The molecule has 0 radical (unpaired) electrons. The van der Waals surface area contributed by atoms with Crippen LogP contribution in [0.4, 0.5) is 4.39 Å². The van der Waals surface area contributed by atoms with E-state index in [4.69, 9.17) is 18.9 Å². The lowest BCUT2D eigenvalue weighted by Crippen LogP contribution is -2.39. The number of hydrogen-bond donors (Lipinski definition) is 1. The van der Waals surface area contributed by atoms with Crippen LogP contribution in [0.2, 0.25) is 0 Å². The minimum Gasteiger partial charge on any atom is -0.507 e. The second-order valence-corrected chi connectivity index (χ2v) is 10.3. The first-order valence-corrected chi connectivity index (χ1v) is 14.2. The molecule has 2 fully saturated rings. The van der Waals surface area contributed by atoms with Gasteiger partial charge in [-0.05, 0) is 47.9 Å². The zero-order valence-corrected chi connectivity index (χ0v) is 24.3. The molecule has 9 nitrogen and oxygen atoms in total. The van der Waals surface area contributed by atoms with E-state index in [1.54, 1.807) is 18.2 Å². The van der Waals surface area contributed by atoms with E-state index in [-0.39, 0.29) is 23.4 Å². The normalized spacial score (nSPS) is 18.6. The van der Waals surface area contributed by atoms with Crippen molar-refractivity contribution in [1.29, 1.82) is 0 Å². The Balaban J connectivity index is 1.49. The molecule has 0 bridgehead atoms. The molecule has 2 aliphatic heterocycles. The number of benzene rings is 3. The average Bonchev–Trinajstić information content (AvgIpc) is 3.29. The van der Waals surface area contributed by atoms with Crippen LogP contribution < -0.4 is 14.2 Å². The van der Waals surface area contributed by atoms with E-state index in [1.165, 1.54) is 31.3 Å². The van der Waals surface area contributed by atoms with E-state index >= 15 is 0 Å². The molecule has 0 aromatic heterocycles. The van der Waals surface area contributed by atoms with Crippen LogP contribution in [0.5, 0.6) is 17.2 Å². The molecule has 0 spiro atoms. The van der Waals surface area contributed by atoms with Crippen molar-refractivity contribution in [2.24, 2.45) is 0 Å². The molecular formula is C33H35FN2O7. The van der Waals surface area contributed by atoms with Gasteiger partial charge >= 0.3 is 0 Å². The Labute approximate surface area is 250 Å². The fourth-order valence-corrected chi connectivity index (χ4v) is 5.42. The van der Waals surface area contributed by atoms with Crippen LogP contribution in [0.15, 0.2) is 72.3 Å². The number of carbonyl (C=O) groups excluding carboxylic acids is 2. The fourth-order valence-electron chi connectivity index (χ4n) is 5.42. The largest absolute Gasteiger partial charge is 0.507 e. The van der Waals surface area contributed by atoms with Crippen molar-refractivity contribution < 1.29 is 38.0 Å². The van der Waals surface area contributed by atoms with E-state index in [0.717, 1.165) is 31.3 Å². The van der Waals surface area contributed by atoms with E-state index in [9.17, 15) is 19.1 Å². The number of rotatable bonds is 11. The Hall–Kier alpha value is -4.41. The third kappa shape index (κ3) is 6.65. The molecule has 1 amide bonds. The van der Waals surface area contributed by atoms with Gasteiger partial charge in [0, 0.05) is 31.7 Å². The molecule has 226 valence electrons. The summed E-state index contributed by atoms with van der Waals surface area (Å²) in [5.41, 5.74) is 1.46. The van der Waals surface area contributed by atoms with Crippen molar-refractivity contribution in [3.8, 4) is 17.2 Å². The quantitative estimate of drug-likeness (QED) is 0.197. The van der Waals surface area contributed by atoms with Crippen LogP contribution in [0.25, 0.3) is 5.76 Å². The molecular weight excluding hydrogens is 555 g/mol. The van der Waals surface area contributed by atoms with Gasteiger partial charge in [-0.2, -0.15) is 0 Å². The second kappa shape index (κ2) is 13.7. The Morgan fingerprint density at radius 1 is 0.930 bits per heavy atom. The van der Waals surface area contributed by atoms with Crippen LogP contribution >= 0.6 is 0 Å². The van der Waals surface area contributed by atoms with Crippen molar-refractivity contribution in [2.45, 2.75) is 19.1 Å². The first kappa shape index (κ1) is 30.1. The summed E-state index contributed by atoms with van der Waals surface area (Å²) in [7, 11) is 2.84. The fraction of sp³-hybridized carbons (Fsp3) is 0.333. The summed E-state index contributed by atoms with van der Waals surface area (Å²) >= 11 is 0. The van der Waals surface area contributed by atoms with Gasteiger partial charge in [-0.15, -0.1) is 0 Å². The zero-order chi connectivity index (χ0) is 30.3. The topological polar surface area (TPSA) is 97.8 Å². The van der Waals surface area contributed by atoms with Crippen molar-refractivity contribution in [1.82, 2.24) is 9.80 Å². The van der Waals surface area contributed by atoms with Gasteiger partial charge in [0.25, 0.3) is 11.7 Å². The molecule has 43 heavy (non-hydrogen) atoms. The average molecular weight is 591 g/mol. The summed E-state index contributed by atoms with van der Waals surface area (Å²) in [6.45, 7) is 4.22. The zero-order valence-electron chi connectivity index (χ0n) is 24.3. The molecule has 0 saturated carbocycles. The molecule has 5 rings (SSSR count). The Morgan fingerprint density at radius 2 is 1.65 bits per heavy atom. The van der Waals surface area contributed by atoms with Gasteiger partial charge in [0.05, 0.1) is 39.0 Å². The van der Waals surface area contributed by atoms with Crippen LogP contribution in [0, 0.1) is 5.82 Å². The first-order valence-electron chi connectivity index (χ1n) is 14.2. The minimum absolute atomic E-state index is 0.00695. The minimum atomic E-state index is -0.924. The standard InChI is InChI=1S/C33H35FN2O7/c1-40-26-11-10-24(19-25(26)34)31(37)29-30(36(33(39)32(29)38)14-6-13-35-15-17-42-18-16-35)23-9-12-27(28(20-23)41-2)43-21-22-7-4-3-5-8-22/h3-5,7-12,19-20,30,37H,6,13-18,21H2,1-2H3/b31-29+. The van der Waals surface area contributed by atoms with E-state index in [0.29, 0.717) is 43.3 Å². The smallest absolute Gasteiger partial charge is 0.295 e. The number of aliphatic hydroxyl groups excluding tert-OH is 1. The molecule has 1 unspecified atom stereocenters. The molecule has 1 atom stereocenters. The van der Waals surface area contributed by atoms with Gasteiger partial charge in [0.1, 0.15) is 12.4 Å². The molecule has 1 N–H and O–H groups in total. The predicted octanol–water partition coefficient (Wildman–Crippen LogP) is 4.57. The second-order valence-electron chi connectivity index (χ2n) is 10.3. The lowest BCUT2D eigenvalue weighted by molar-refractivity contribution is -0.140.